The van der Waals surface area contributed by atoms with Gasteiger partial charge in [-0.05, 0) is 25.2 Å². The van der Waals surface area contributed by atoms with E-state index >= 15 is 0 Å². The van der Waals surface area contributed by atoms with Gasteiger partial charge in [0, 0.05) is 7.11 Å². The molecule has 3 unspecified atom stereocenters. The van der Waals surface area contributed by atoms with E-state index in [0.29, 0.717) is 12.8 Å². The number of hydrogen-bond acceptors (Lipinski definition) is 1. The van der Waals surface area contributed by atoms with Crippen LogP contribution in [0.4, 0.5) is 13.2 Å². The molecular formula is C9H13F3O. The van der Waals surface area contributed by atoms with Gasteiger partial charge in [0.2, 0.25) is 0 Å². The largest absolute Gasteiger partial charge is 0.394 e. The normalized spacial score (nSPS) is 35.3. The summed E-state index contributed by atoms with van der Waals surface area (Å²) in [7, 11) is 1.31. The van der Waals surface area contributed by atoms with Crippen molar-refractivity contribution < 1.29 is 17.9 Å². The molecule has 3 atom stereocenters. The van der Waals surface area contributed by atoms with Crippen molar-refractivity contribution in [2.75, 3.05) is 7.11 Å². The van der Waals surface area contributed by atoms with E-state index in [1.54, 1.807) is 6.42 Å². The van der Waals surface area contributed by atoms with Gasteiger partial charge in [0.1, 0.15) is 0 Å². The molecule has 0 N–H and O–H groups in total. The molecule has 1 aliphatic rings. The second-order valence-corrected chi connectivity index (χ2v) is 3.29. The molecule has 0 aromatic rings. The van der Waals surface area contributed by atoms with E-state index in [2.05, 4.69) is 6.92 Å². The predicted octanol–water partition coefficient (Wildman–Crippen LogP) is 2.63. The summed E-state index contributed by atoms with van der Waals surface area (Å²) in [6.45, 7) is 3.52. The van der Waals surface area contributed by atoms with E-state index in [-0.39, 0.29) is 0 Å². The lowest BCUT2D eigenvalue weighted by molar-refractivity contribution is -0.204. The number of methoxy groups -OCH3 is 1. The van der Waals surface area contributed by atoms with Gasteiger partial charge in [-0.15, -0.1) is 0 Å². The van der Waals surface area contributed by atoms with Gasteiger partial charge in [-0.3, -0.25) is 0 Å². The highest BCUT2D eigenvalue weighted by molar-refractivity contribution is 5.00. The summed E-state index contributed by atoms with van der Waals surface area (Å²) < 4.78 is 42.3. The van der Waals surface area contributed by atoms with Crippen molar-refractivity contribution in [1.29, 1.82) is 0 Å². The van der Waals surface area contributed by atoms with Crippen molar-refractivity contribution in [2.45, 2.75) is 25.1 Å². The maximum atomic E-state index is 12.5. The van der Waals surface area contributed by atoms with Crippen LogP contribution in [0, 0.1) is 25.2 Å². The minimum atomic E-state index is -4.17. The molecule has 76 valence electrons. The lowest BCUT2D eigenvalue weighted by atomic mass is 9.92. The van der Waals surface area contributed by atoms with Gasteiger partial charge in [0.25, 0.3) is 0 Å². The number of halogens is 3. The Bertz CT molecular complexity index is 155. The van der Waals surface area contributed by atoms with Crippen molar-refractivity contribution in [3.8, 4) is 0 Å². The minimum absolute atomic E-state index is 0.306. The summed E-state index contributed by atoms with van der Waals surface area (Å²) in [6, 6.07) is 0. The monoisotopic (exact) mass is 194 g/mol. The first-order chi connectivity index (χ1) is 6.00. The summed E-state index contributed by atoms with van der Waals surface area (Å²) in [5.74, 6) is -1.78. The minimum Gasteiger partial charge on any atom is -0.381 e. The Hall–Kier alpha value is -0.250. The van der Waals surface area contributed by atoms with Crippen molar-refractivity contribution in [3.63, 3.8) is 0 Å². The van der Waals surface area contributed by atoms with E-state index in [0.717, 1.165) is 0 Å². The summed E-state index contributed by atoms with van der Waals surface area (Å²) in [4.78, 5) is 0. The summed E-state index contributed by atoms with van der Waals surface area (Å²) >= 11 is 0. The average Bonchev–Trinajstić information content (AvgIpc) is 2.45. The number of hydrogen-bond donors (Lipinski definition) is 0. The molecule has 1 aliphatic carbocycles. The van der Waals surface area contributed by atoms with Crippen molar-refractivity contribution >= 4 is 0 Å². The summed E-state index contributed by atoms with van der Waals surface area (Å²) in [5, 5.41) is 0. The topological polar surface area (TPSA) is 9.23 Å². The molecule has 1 nitrogen and oxygen atoms in total. The maximum Gasteiger partial charge on any atom is 0.394 e. The van der Waals surface area contributed by atoms with Crippen LogP contribution >= 0.6 is 0 Å². The number of ether oxygens (including phenoxy) is 1. The quantitative estimate of drug-likeness (QED) is 0.656. The fraction of sp³-hybridized carbons (Fsp3) is 0.778. The van der Waals surface area contributed by atoms with Crippen LogP contribution in [0.3, 0.4) is 0 Å². The molecule has 13 heavy (non-hydrogen) atoms. The molecule has 0 heterocycles. The third-order valence-electron chi connectivity index (χ3n) is 2.55. The van der Waals surface area contributed by atoms with Crippen LogP contribution in [0.15, 0.2) is 0 Å². The second-order valence-electron chi connectivity index (χ2n) is 3.29. The third-order valence-corrected chi connectivity index (χ3v) is 2.55. The predicted molar refractivity (Wildman–Crippen MR) is 42.7 cm³/mol. The van der Waals surface area contributed by atoms with E-state index in [9.17, 15) is 13.2 Å². The zero-order valence-electron chi connectivity index (χ0n) is 7.47. The van der Waals surface area contributed by atoms with Crippen LogP contribution in [0.2, 0.25) is 0 Å². The SMILES string of the molecule is [CH2]CC1C[CH]C(OC)C1C(F)(F)F. The van der Waals surface area contributed by atoms with E-state index in [1.165, 1.54) is 7.11 Å². The van der Waals surface area contributed by atoms with Crippen LogP contribution in [-0.4, -0.2) is 19.4 Å². The van der Waals surface area contributed by atoms with Gasteiger partial charge in [0.15, 0.2) is 0 Å². The van der Waals surface area contributed by atoms with Gasteiger partial charge in [-0.1, -0.05) is 6.92 Å². The molecule has 0 aromatic carbocycles. The molecule has 1 rings (SSSR count). The molecule has 0 amide bonds. The molecule has 0 spiro atoms. The Balaban J connectivity index is 2.73. The first-order valence-corrected chi connectivity index (χ1v) is 4.22. The Morgan fingerprint density at radius 1 is 1.54 bits per heavy atom. The molecular weight excluding hydrogens is 181 g/mol. The molecule has 1 saturated carbocycles. The first kappa shape index (κ1) is 10.8. The first-order valence-electron chi connectivity index (χ1n) is 4.22. The van der Waals surface area contributed by atoms with Gasteiger partial charge in [0.05, 0.1) is 12.0 Å². The number of alkyl halides is 3. The van der Waals surface area contributed by atoms with Crippen LogP contribution < -0.4 is 0 Å². The van der Waals surface area contributed by atoms with Crippen molar-refractivity contribution in [3.05, 3.63) is 13.3 Å². The Kier molecular flexibility index (Phi) is 3.22. The molecule has 0 saturated heterocycles. The van der Waals surface area contributed by atoms with E-state index in [4.69, 9.17) is 4.74 Å². The van der Waals surface area contributed by atoms with Crippen LogP contribution in [0.5, 0.6) is 0 Å². The maximum absolute atomic E-state index is 12.5. The highest BCUT2D eigenvalue weighted by Gasteiger charge is 2.52. The molecule has 1 fully saturated rings. The van der Waals surface area contributed by atoms with Crippen LogP contribution in [0.25, 0.3) is 0 Å². The fourth-order valence-electron chi connectivity index (χ4n) is 1.86. The third kappa shape index (κ3) is 2.16. The van der Waals surface area contributed by atoms with E-state index in [1.807, 2.05) is 0 Å². The molecule has 2 radical (unpaired) electrons. The fourth-order valence-corrected chi connectivity index (χ4v) is 1.86. The standard InChI is InChI=1S/C9H13F3O/c1-3-6-4-5-7(13-2)8(6)9(10,11)12/h5-8H,1,3-4H2,2H3. The highest BCUT2D eigenvalue weighted by atomic mass is 19.4. The van der Waals surface area contributed by atoms with Gasteiger partial charge in [-0.25, -0.2) is 0 Å². The van der Waals surface area contributed by atoms with Crippen LogP contribution in [-0.2, 0) is 4.74 Å². The lowest BCUT2D eigenvalue weighted by Crippen LogP contribution is -2.35. The molecule has 4 heteroatoms. The van der Waals surface area contributed by atoms with Crippen molar-refractivity contribution in [2.24, 2.45) is 11.8 Å². The summed E-state index contributed by atoms with van der Waals surface area (Å²) in [5.41, 5.74) is 0. The Morgan fingerprint density at radius 3 is 2.54 bits per heavy atom. The summed E-state index contributed by atoms with van der Waals surface area (Å²) in [6.07, 6.45) is -2.61. The van der Waals surface area contributed by atoms with Crippen LogP contribution in [0.1, 0.15) is 12.8 Å². The lowest BCUT2D eigenvalue weighted by Gasteiger charge is -2.25. The van der Waals surface area contributed by atoms with Gasteiger partial charge >= 0.3 is 6.18 Å². The van der Waals surface area contributed by atoms with Gasteiger partial charge < -0.3 is 4.74 Å². The smallest absolute Gasteiger partial charge is 0.381 e. The Morgan fingerprint density at radius 2 is 2.15 bits per heavy atom. The second kappa shape index (κ2) is 3.86. The highest BCUT2D eigenvalue weighted by Crippen LogP contribution is 2.45. The number of rotatable bonds is 2. The molecule has 0 aliphatic heterocycles. The zero-order chi connectivity index (χ0) is 10.1. The van der Waals surface area contributed by atoms with Crippen molar-refractivity contribution in [1.82, 2.24) is 0 Å². The van der Waals surface area contributed by atoms with Gasteiger partial charge in [-0.2, -0.15) is 13.2 Å². The Labute approximate surface area is 76.3 Å². The zero-order valence-corrected chi connectivity index (χ0v) is 7.47. The molecule has 0 bridgehead atoms. The molecule has 0 aromatic heterocycles. The average molecular weight is 194 g/mol. The van der Waals surface area contributed by atoms with E-state index < -0.39 is 24.1 Å².